The van der Waals surface area contributed by atoms with Crippen LogP contribution in [0.15, 0.2) is 35.9 Å². The predicted molar refractivity (Wildman–Crippen MR) is 110 cm³/mol. The van der Waals surface area contributed by atoms with Crippen LogP contribution in [0, 0.1) is 0 Å². The maximum Gasteiger partial charge on any atom is 0.194 e. The molecule has 5 nitrogen and oxygen atoms in total. The number of ketones is 1. The lowest BCUT2D eigenvalue weighted by Gasteiger charge is -2.33. The Morgan fingerprint density at radius 1 is 1.00 bits per heavy atom. The van der Waals surface area contributed by atoms with E-state index in [1.54, 1.807) is 20.3 Å². The summed E-state index contributed by atoms with van der Waals surface area (Å²) in [5.41, 5.74) is 4.80. The largest absolute Gasteiger partial charge is 0.493 e. The summed E-state index contributed by atoms with van der Waals surface area (Å²) in [6, 6.07) is 7.39. The highest BCUT2D eigenvalue weighted by atomic mass is 16.5. The highest BCUT2D eigenvalue weighted by Gasteiger charge is 2.35. The lowest BCUT2D eigenvalue weighted by Crippen LogP contribution is -2.29. The summed E-state index contributed by atoms with van der Waals surface area (Å²) in [5, 5.41) is 0. The van der Waals surface area contributed by atoms with Crippen molar-refractivity contribution in [2.24, 2.45) is 0 Å². The Balaban J connectivity index is 1.65. The predicted octanol–water partition coefficient (Wildman–Crippen LogP) is 4.47. The molecular formula is C24H22O5. The normalized spacial score (nSPS) is 18.0. The number of allylic oxidation sites excluding steroid dienone is 1. The first kappa shape index (κ1) is 17.9. The van der Waals surface area contributed by atoms with Gasteiger partial charge in [-0.15, -0.1) is 0 Å². The van der Waals surface area contributed by atoms with Gasteiger partial charge in [0.05, 0.1) is 14.2 Å². The van der Waals surface area contributed by atoms with E-state index >= 15 is 0 Å². The van der Waals surface area contributed by atoms with Crippen LogP contribution in [0.3, 0.4) is 0 Å². The molecule has 0 bridgehead atoms. The average Bonchev–Trinajstić information content (AvgIpc) is 2.71. The van der Waals surface area contributed by atoms with Crippen molar-refractivity contribution >= 4 is 17.4 Å². The number of methoxy groups -OCH3 is 2. The second kappa shape index (κ2) is 6.14. The number of benzene rings is 2. The van der Waals surface area contributed by atoms with Crippen molar-refractivity contribution in [2.75, 3.05) is 20.8 Å². The van der Waals surface area contributed by atoms with E-state index in [0.29, 0.717) is 35.8 Å². The molecule has 0 N–H and O–H groups in total. The number of hydrogen-bond acceptors (Lipinski definition) is 5. The number of carbonyl (C=O) groups excluding carboxylic acids is 1. The molecule has 1 aliphatic carbocycles. The highest BCUT2D eigenvalue weighted by molar-refractivity contribution is 6.32. The standard InChI is InChI=1S/C24H22O5/c1-24(2)8-7-14-16-9-13-12-28-19-11-21(27-4)20(26-3)10-17(19)22(13)23(25)15(16)5-6-18(14)29-24/h5-8,10-11H,9,12H2,1-4H3. The molecule has 0 saturated heterocycles. The van der Waals surface area contributed by atoms with Crippen molar-refractivity contribution in [3.8, 4) is 23.0 Å². The molecule has 5 rings (SSSR count). The molecule has 0 saturated carbocycles. The molecule has 2 heterocycles. The summed E-state index contributed by atoms with van der Waals surface area (Å²) in [4.78, 5) is 13.5. The van der Waals surface area contributed by atoms with E-state index in [-0.39, 0.29) is 11.4 Å². The van der Waals surface area contributed by atoms with Crippen LogP contribution >= 0.6 is 0 Å². The monoisotopic (exact) mass is 390 g/mol. The van der Waals surface area contributed by atoms with Crippen LogP contribution in [0.4, 0.5) is 0 Å². The second-order valence-corrected chi connectivity index (χ2v) is 8.02. The molecule has 0 radical (unpaired) electrons. The van der Waals surface area contributed by atoms with E-state index < -0.39 is 0 Å². The van der Waals surface area contributed by atoms with Crippen molar-refractivity contribution in [3.05, 3.63) is 58.2 Å². The Labute approximate surface area is 169 Å². The number of ether oxygens (including phenoxy) is 4. The molecule has 2 aromatic rings. The molecular weight excluding hydrogens is 368 g/mol. The average molecular weight is 390 g/mol. The van der Waals surface area contributed by atoms with Crippen molar-refractivity contribution < 1.29 is 23.7 Å². The van der Waals surface area contributed by atoms with Gasteiger partial charge in [-0.05, 0) is 55.7 Å². The number of hydrogen-bond donors (Lipinski definition) is 0. The number of Topliss-reactive ketones (excluding diaryl/α,β-unsaturated/α-hetero) is 1. The fourth-order valence-electron chi connectivity index (χ4n) is 4.29. The van der Waals surface area contributed by atoms with Gasteiger partial charge < -0.3 is 18.9 Å². The fourth-order valence-corrected chi connectivity index (χ4v) is 4.29. The summed E-state index contributed by atoms with van der Waals surface area (Å²) in [7, 11) is 3.17. The molecule has 2 aliphatic heterocycles. The van der Waals surface area contributed by atoms with Gasteiger partial charge in [-0.3, -0.25) is 4.79 Å². The summed E-state index contributed by atoms with van der Waals surface area (Å²) < 4.78 is 22.9. The van der Waals surface area contributed by atoms with Crippen LogP contribution in [0.5, 0.6) is 23.0 Å². The minimum Gasteiger partial charge on any atom is -0.493 e. The first-order valence-electron chi connectivity index (χ1n) is 9.62. The first-order chi connectivity index (χ1) is 13.9. The van der Waals surface area contributed by atoms with Gasteiger partial charge in [0.25, 0.3) is 0 Å². The van der Waals surface area contributed by atoms with Crippen LogP contribution < -0.4 is 18.9 Å². The van der Waals surface area contributed by atoms with Crippen LogP contribution in [-0.2, 0) is 6.42 Å². The molecule has 0 atom stereocenters. The SMILES string of the molecule is COc1cc2c(cc1OC)C1=C(CO2)Cc2c(ccc3c2C=CC(C)(C)O3)C1=O. The van der Waals surface area contributed by atoms with Gasteiger partial charge in [0.1, 0.15) is 23.7 Å². The Hall–Kier alpha value is -3.21. The lowest BCUT2D eigenvalue weighted by molar-refractivity contribution is 0.105. The third-order valence-corrected chi connectivity index (χ3v) is 5.71. The van der Waals surface area contributed by atoms with E-state index in [4.69, 9.17) is 18.9 Å². The Morgan fingerprint density at radius 3 is 2.52 bits per heavy atom. The maximum absolute atomic E-state index is 13.5. The van der Waals surface area contributed by atoms with Gasteiger partial charge in [-0.25, -0.2) is 0 Å². The number of rotatable bonds is 2. The second-order valence-electron chi connectivity index (χ2n) is 8.02. The Kier molecular flexibility index (Phi) is 3.78. The van der Waals surface area contributed by atoms with Gasteiger partial charge in [0, 0.05) is 28.3 Å². The molecule has 3 aliphatic rings. The molecule has 0 amide bonds. The lowest BCUT2D eigenvalue weighted by atomic mass is 9.78. The van der Waals surface area contributed by atoms with E-state index in [0.717, 1.165) is 33.6 Å². The molecule has 2 aromatic carbocycles. The molecule has 5 heteroatoms. The minimum atomic E-state index is -0.354. The molecule has 0 spiro atoms. The van der Waals surface area contributed by atoms with E-state index in [1.807, 2.05) is 38.1 Å². The maximum atomic E-state index is 13.5. The van der Waals surface area contributed by atoms with Gasteiger partial charge in [-0.2, -0.15) is 0 Å². The topological polar surface area (TPSA) is 54.0 Å². The van der Waals surface area contributed by atoms with E-state index in [1.165, 1.54) is 0 Å². The molecule has 0 unspecified atom stereocenters. The highest BCUT2D eigenvalue weighted by Crippen LogP contribution is 2.46. The van der Waals surface area contributed by atoms with Crippen LogP contribution in [0.25, 0.3) is 11.6 Å². The zero-order valence-corrected chi connectivity index (χ0v) is 16.9. The molecule has 29 heavy (non-hydrogen) atoms. The molecule has 0 fully saturated rings. The third-order valence-electron chi connectivity index (χ3n) is 5.71. The molecule has 148 valence electrons. The van der Waals surface area contributed by atoms with Crippen molar-refractivity contribution in [1.29, 1.82) is 0 Å². The fraction of sp³-hybridized carbons (Fsp3) is 0.292. The quantitative estimate of drug-likeness (QED) is 0.757. The van der Waals surface area contributed by atoms with Gasteiger partial charge >= 0.3 is 0 Å². The Morgan fingerprint density at radius 2 is 1.76 bits per heavy atom. The number of carbonyl (C=O) groups is 1. The van der Waals surface area contributed by atoms with Gasteiger partial charge in [0.15, 0.2) is 17.3 Å². The van der Waals surface area contributed by atoms with Crippen molar-refractivity contribution in [2.45, 2.75) is 25.9 Å². The van der Waals surface area contributed by atoms with Crippen LogP contribution in [0.2, 0.25) is 0 Å². The van der Waals surface area contributed by atoms with Crippen molar-refractivity contribution in [1.82, 2.24) is 0 Å². The smallest absolute Gasteiger partial charge is 0.194 e. The third kappa shape index (κ3) is 2.64. The zero-order valence-electron chi connectivity index (χ0n) is 16.9. The number of fused-ring (bicyclic) bond motifs is 5. The van der Waals surface area contributed by atoms with Crippen LogP contribution in [-0.4, -0.2) is 32.2 Å². The first-order valence-corrected chi connectivity index (χ1v) is 9.62. The summed E-state index contributed by atoms with van der Waals surface area (Å²) in [6.45, 7) is 4.42. The molecule has 0 aromatic heterocycles. The van der Waals surface area contributed by atoms with Crippen molar-refractivity contribution in [3.63, 3.8) is 0 Å². The van der Waals surface area contributed by atoms with Gasteiger partial charge in [-0.1, -0.05) is 6.08 Å². The summed E-state index contributed by atoms with van der Waals surface area (Å²) in [6.07, 6.45) is 4.76. The zero-order chi connectivity index (χ0) is 20.3. The Bertz CT molecular complexity index is 1120. The van der Waals surface area contributed by atoms with Gasteiger partial charge in [0.2, 0.25) is 0 Å². The van der Waals surface area contributed by atoms with E-state index in [2.05, 4.69) is 6.08 Å². The summed E-state index contributed by atoms with van der Waals surface area (Å²) >= 11 is 0. The summed E-state index contributed by atoms with van der Waals surface area (Å²) in [5.74, 6) is 2.63. The minimum absolute atomic E-state index is 0.0130. The van der Waals surface area contributed by atoms with E-state index in [9.17, 15) is 4.79 Å². The van der Waals surface area contributed by atoms with Crippen LogP contribution in [0.1, 0.15) is 40.9 Å².